The van der Waals surface area contributed by atoms with Gasteiger partial charge in [-0.3, -0.25) is 4.68 Å². The van der Waals surface area contributed by atoms with E-state index in [1.54, 1.807) is 0 Å². The Labute approximate surface area is 80.1 Å². The van der Waals surface area contributed by atoms with Crippen LogP contribution in [0.5, 0.6) is 0 Å². The summed E-state index contributed by atoms with van der Waals surface area (Å²) >= 11 is 0. The summed E-state index contributed by atoms with van der Waals surface area (Å²) in [7, 11) is 3.96. The molecule has 74 valence electrons. The zero-order valence-corrected chi connectivity index (χ0v) is 8.75. The Morgan fingerprint density at radius 3 is 2.92 bits per heavy atom. The normalized spacial score (nSPS) is 13.2. The van der Waals surface area contributed by atoms with Gasteiger partial charge >= 0.3 is 0 Å². The Kier molecular flexibility index (Phi) is 3.96. The van der Waals surface area contributed by atoms with Gasteiger partial charge in [0.2, 0.25) is 0 Å². The van der Waals surface area contributed by atoms with E-state index in [0.29, 0.717) is 0 Å². The fraction of sp³-hybridized carbons (Fsp3) is 0.700. The quantitative estimate of drug-likeness (QED) is 0.740. The molecule has 1 heterocycles. The van der Waals surface area contributed by atoms with Crippen molar-refractivity contribution in [3.05, 3.63) is 18.0 Å². The molecule has 0 radical (unpaired) electrons. The molecule has 3 heteroatoms. The maximum absolute atomic E-state index is 4.34. The van der Waals surface area contributed by atoms with Crippen LogP contribution >= 0.6 is 0 Å². The van der Waals surface area contributed by atoms with E-state index in [1.165, 1.54) is 12.1 Å². The summed E-state index contributed by atoms with van der Waals surface area (Å²) in [5, 5.41) is 7.52. The number of hydrogen-bond acceptors (Lipinski definition) is 2. The van der Waals surface area contributed by atoms with E-state index in [4.69, 9.17) is 0 Å². The van der Waals surface area contributed by atoms with Crippen LogP contribution in [-0.4, -0.2) is 23.4 Å². The van der Waals surface area contributed by atoms with Crippen molar-refractivity contribution >= 4 is 0 Å². The second kappa shape index (κ2) is 5.02. The van der Waals surface area contributed by atoms with Gasteiger partial charge in [-0.25, -0.2) is 0 Å². The number of aryl methyl sites for hydroxylation is 2. The van der Waals surface area contributed by atoms with Crippen molar-refractivity contribution in [2.24, 2.45) is 13.0 Å². The average Bonchev–Trinajstić information content (AvgIpc) is 2.49. The van der Waals surface area contributed by atoms with E-state index in [2.05, 4.69) is 23.4 Å². The van der Waals surface area contributed by atoms with Gasteiger partial charge in [0.25, 0.3) is 0 Å². The molecule has 0 aromatic carbocycles. The second-order valence-electron chi connectivity index (χ2n) is 3.68. The van der Waals surface area contributed by atoms with Crippen molar-refractivity contribution in [3.63, 3.8) is 0 Å². The van der Waals surface area contributed by atoms with E-state index in [0.717, 1.165) is 18.9 Å². The number of nitrogens with zero attached hydrogens (tertiary/aromatic N) is 2. The predicted molar refractivity (Wildman–Crippen MR) is 54.6 cm³/mol. The Hall–Kier alpha value is -0.830. The minimum absolute atomic E-state index is 0.729. The summed E-state index contributed by atoms with van der Waals surface area (Å²) in [4.78, 5) is 0. The third-order valence-corrected chi connectivity index (χ3v) is 2.21. The number of aromatic nitrogens is 2. The minimum Gasteiger partial charge on any atom is -0.319 e. The van der Waals surface area contributed by atoms with E-state index < -0.39 is 0 Å². The van der Waals surface area contributed by atoms with Crippen molar-refractivity contribution in [3.8, 4) is 0 Å². The van der Waals surface area contributed by atoms with Gasteiger partial charge in [0.1, 0.15) is 0 Å². The Bertz CT molecular complexity index is 242. The molecule has 0 spiro atoms. The van der Waals surface area contributed by atoms with E-state index in [9.17, 15) is 0 Å². The van der Waals surface area contributed by atoms with E-state index in [-0.39, 0.29) is 0 Å². The number of nitrogens with one attached hydrogen (secondary N) is 1. The molecule has 0 aliphatic heterocycles. The van der Waals surface area contributed by atoms with E-state index in [1.807, 2.05) is 25.0 Å². The first-order valence-electron chi connectivity index (χ1n) is 4.85. The molecule has 3 nitrogen and oxygen atoms in total. The fourth-order valence-corrected chi connectivity index (χ4v) is 1.44. The monoisotopic (exact) mass is 181 g/mol. The van der Waals surface area contributed by atoms with Gasteiger partial charge in [0.05, 0.1) is 5.69 Å². The van der Waals surface area contributed by atoms with Gasteiger partial charge < -0.3 is 5.32 Å². The molecule has 0 aliphatic rings. The van der Waals surface area contributed by atoms with Crippen molar-refractivity contribution in [2.75, 3.05) is 13.6 Å². The van der Waals surface area contributed by atoms with Gasteiger partial charge in [0, 0.05) is 13.2 Å². The number of hydrogen-bond donors (Lipinski definition) is 1. The number of rotatable bonds is 5. The van der Waals surface area contributed by atoms with Crippen LogP contribution in [-0.2, 0) is 13.5 Å². The van der Waals surface area contributed by atoms with E-state index >= 15 is 0 Å². The molecular weight excluding hydrogens is 162 g/mol. The van der Waals surface area contributed by atoms with Crippen LogP contribution in [0.2, 0.25) is 0 Å². The molecule has 1 aromatic heterocycles. The highest BCUT2D eigenvalue weighted by molar-refractivity contribution is 4.98. The summed E-state index contributed by atoms with van der Waals surface area (Å²) in [6.07, 6.45) is 4.29. The fourth-order valence-electron chi connectivity index (χ4n) is 1.44. The van der Waals surface area contributed by atoms with Crippen molar-refractivity contribution in [2.45, 2.75) is 19.8 Å². The highest BCUT2D eigenvalue weighted by Crippen LogP contribution is 2.06. The topological polar surface area (TPSA) is 29.9 Å². The highest BCUT2D eigenvalue weighted by atomic mass is 15.2. The molecule has 1 aromatic rings. The maximum atomic E-state index is 4.34. The van der Waals surface area contributed by atoms with Gasteiger partial charge in [-0.1, -0.05) is 6.92 Å². The smallest absolute Gasteiger partial charge is 0.0624 e. The standard InChI is InChI=1S/C10H19N3/c1-9(8-11-2)4-5-10-6-7-13(3)12-10/h6-7,9,11H,4-5,8H2,1-3H3. The molecule has 0 aliphatic carbocycles. The molecule has 0 fully saturated rings. The van der Waals surface area contributed by atoms with Gasteiger partial charge in [-0.05, 0) is 38.4 Å². The SMILES string of the molecule is CNCC(C)CCc1ccn(C)n1. The summed E-state index contributed by atoms with van der Waals surface area (Å²) in [6, 6.07) is 2.09. The summed E-state index contributed by atoms with van der Waals surface area (Å²) in [5.74, 6) is 0.729. The molecule has 0 bridgehead atoms. The summed E-state index contributed by atoms with van der Waals surface area (Å²) in [5.41, 5.74) is 1.20. The molecule has 1 atom stereocenters. The van der Waals surface area contributed by atoms with Crippen LogP contribution in [0.4, 0.5) is 0 Å². The first-order valence-corrected chi connectivity index (χ1v) is 4.85. The third-order valence-electron chi connectivity index (χ3n) is 2.21. The van der Waals surface area contributed by atoms with Crippen molar-refractivity contribution in [1.82, 2.24) is 15.1 Å². The summed E-state index contributed by atoms with van der Waals surface area (Å²) in [6.45, 7) is 3.35. The van der Waals surface area contributed by atoms with Gasteiger partial charge in [-0.15, -0.1) is 0 Å². The molecule has 1 unspecified atom stereocenters. The van der Waals surface area contributed by atoms with Crippen molar-refractivity contribution in [1.29, 1.82) is 0 Å². The molecular formula is C10H19N3. The van der Waals surface area contributed by atoms with Crippen LogP contribution in [0.1, 0.15) is 19.0 Å². The lowest BCUT2D eigenvalue weighted by Gasteiger charge is -2.08. The van der Waals surface area contributed by atoms with Crippen LogP contribution in [0.15, 0.2) is 12.3 Å². The lowest BCUT2D eigenvalue weighted by atomic mass is 10.0. The average molecular weight is 181 g/mol. The van der Waals surface area contributed by atoms with Gasteiger partial charge in [-0.2, -0.15) is 5.10 Å². The minimum atomic E-state index is 0.729. The maximum Gasteiger partial charge on any atom is 0.0624 e. The molecule has 0 saturated carbocycles. The zero-order chi connectivity index (χ0) is 9.68. The zero-order valence-electron chi connectivity index (χ0n) is 8.75. The largest absolute Gasteiger partial charge is 0.319 e. The summed E-state index contributed by atoms with van der Waals surface area (Å²) < 4.78 is 1.86. The lowest BCUT2D eigenvalue weighted by molar-refractivity contribution is 0.500. The van der Waals surface area contributed by atoms with Crippen LogP contribution in [0, 0.1) is 5.92 Å². The second-order valence-corrected chi connectivity index (χ2v) is 3.68. The third kappa shape index (κ3) is 3.59. The highest BCUT2D eigenvalue weighted by Gasteiger charge is 2.02. The van der Waals surface area contributed by atoms with Gasteiger partial charge in [0.15, 0.2) is 0 Å². The first-order chi connectivity index (χ1) is 6.22. The molecule has 0 saturated heterocycles. The Morgan fingerprint density at radius 1 is 1.62 bits per heavy atom. The molecule has 1 rings (SSSR count). The predicted octanol–water partition coefficient (Wildman–Crippen LogP) is 1.21. The van der Waals surface area contributed by atoms with Crippen molar-refractivity contribution < 1.29 is 0 Å². The Balaban J connectivity index is 2.26. The van der Waals surface area contributed by atoms with Crippen LogP contribution in [0.25, 0.3) is 0 Å². The lowest BCUT2D eigenvalue weighted by Crippen LogP contribution is -2.16. The first kappa shape index (κ1) is 10.3. The molecule has 13 heavy (non-hydrogen) atoms. The van der Waals surface area contributed by atoms with Crippen LogP contribution < -0.4 is 5.32 Å². The van der Waals surface area contributed by atoms with Crippen LogP contribution in [0.3, 0.4) is 0 Å². The molecule has 1 N–H and O–H groups in total. The molecule has 0 amide bonds. The Morgan fingerprint density at radius 2 is 2.38 bits per heavy atom.